The van der Waals surface area contributed by atoms with Crippen molar-refractivity contribution in [2.45, 2.75) is 20.3 Å². The summed E-state index contributed by atoms with van der Waals surface area (Å²) in [7, 11) is 0. The molecule has 0 amide bonds. The van der Waals surface area contributed by atoms with E-state index in [4.69, 9.17) is 0 Å². The van der Waals surface area contributed by atoms with Crippen LogP contribution in [-0.2, 0) is 0 Å². The van der Waals surface area contributed by atoms with E-state index >= 15 is 0 Å². The second kappa shape index (κ2) is 5.29. The van der Waals surface area contributed by atoms with Crippen LogP contribution in [0.4, 0.5) is 11.5 Å². The van der Waals surface area contributed by atoms with Gasteiger partial charge >= 0.3 is 5.82 Å². The zero-order chi connectivity index (χ0) is 11.3. The van der Waals surface area contributed by atoms with Crippen LogP contribution < -0.4 is 5.32 Å². The van der Waals surface area contributed by atoms with Gasteiger partial charge in [0.1, 0.15) is 11.9 Å². The molecule has 0 saturated carbocycles. The quantitative estimate of drug-likeness (QED) is 0.597. The summed E-state index contributed by atoms with van der Waals surface area (Å²) in [5.41, 5.74) is 0.489. The summed E-state index contributed by atoms with van der Waals surface area (Å²) in [6.45, 7) is 4.90. The first-order chi connectivity index (χ1) is 7.15. The summed E-state index contributed by atoms with van der Waals surface area (Å²) in [6.07, 6.45) is 2.47. The molecule has 0 bridgehead atoms. The van der Waals surface area contributed by atoms with Gasteiger partial charge in [-0.2, -0.15) is 0 Å². The Labute approximate surface area is 88.7 Å². The average Bonchev–Trinajstić information content (AvgIpc) is 2.26. The van der Waals surface area contributed by atoms with Crippen LogP contribution in [0.15, 0.2) is 18.3 Å². The van der Waals surface area contributed by atoms with E-state index in [1.54, 1.807) is 12.1 Å². The third-order valence-electron chi connectivity index (χ3n) is 2.30. The van der Waals surface area contributed by atoms with Crippen LogP contribution in [0.3, 0.4) is 0 Å². The highest BCUT2D eigenvalue weighted by Crippen LogP contribution is 2.20. The van der Waals surface area contributed by atoms with E-state index in [9.17, 15) is 10.1 Å². The minimum absolute atomic E-state index is 0.110. The van der Waals surface area contributed by atoms with E-state index in [2.05, 4.69) is 24.1 Å². The van der Waals surface area contributed by atoms with Crippen molar-refractivity contribution in [3.63, 3.8) is 0 Å². The van der Waals surface area contributed by atoms with Crippen LogP contribution in [-0.4, -0.2) is 16.5 Å². The number of nitro groups is 1. The van der Waals surface area contributed by atoms with Crippen molar-refractivity contribution in [3.05, 3.63) is 28.4 Å². The van der Waals surface area contributed by atoms with Gasteiger partial charge in [-0.15, -0.1) is 0 Å². The number of hydrogen-bond acceptors (Lipinski definition) is 4. The highest BCUT2D eigenvalue weighted by Gasteiger charge is 2.13. The van der Waals surface area contributed by atoms with Crippen LogP contribution in [0.1, 0.15) is 20.3 Å². The molecule has 5 nitrogen and oxygen atoms in total. The number of pyridine rings is 1. The summed E-state index contributed by atoms with van der Waals surface area (Å²) >= 11 is 0. The van der Waals surface area contributed by atoms with Crippen LogP contribution in [0.5, 0.6) is 0 Å². The van der Waals surface area contributed by atoms with Crippen LogP contribution >= 0.6 is 0 Å². The van der Waals surface area contributed by atoms with Gasteiger partial charge in [-0.3, -0.25) is 0 Å². The second-order valence-corrected chi connectivity index (χ2v) is 3.53. The fourth-order valence-corrected chi connectivity index (χ4v) is 1.11. The molecule has 1 unspecified atom stereocenters. The lowest BCUT2D eigenvalue weighted by molar-refractivity contribution is -0.388. The maximum Gasteiger partial charge on any atom is 0.386 e. The molecule has 0 saturated heterocycles. The molecule has 1 rings (SSSR count). The maximum absolute atomic E-state index is 10.6. The van der Waals surface area contributed by atoms with Gasteiger partial charge in [-0.25, -0.2) is 0 Å². The SMILES string of the molecule is CCC(C)CNc1cccnc1[N+](=O)[O-]. The van der Waals surface area contributed by atoms with Gasteiger partial charge in [-0.05, 0) is 28.0 Å². The molecular formula is C10H15N3O2. The molecule has 0 radical (unpaired) electrons. The van der Waals surface area contributed by atoms with Gasteiger partial charge < -0.3 is 15.4 Å². The fourth-order valence-electron chi connectivity index (χ4n) is 1.11. The summed E-state index contributed by atoms with van der Waals surface area (Å²) in [5, 5.41) is 13.7. The monoisotopic (exact) mass is 209 g/mol. The first-order valence-corrected chi connectivity index (χ1v) is 4.98. The maximum atomic E-state index is 10.6. The molecule has 0 aromatic carbocycles. The fraction of sp³-hybridized carbons (Fsp3) is 0.500. The Hall–Kier alpha value is -1.65. The number of nitrogens with one attached hydrogen (secondary N) is 1. The van der Waals surface area contributed by atoms with Gasteiger partial charge in [0.25, 0.3) is 0 Å². The van der Waals surface area contributed by atoms with Crippen molar-refractivity contribution in [3.8, 4) is 0 Å². The first-order valence-electron chi connectivity index (χ1n) is 4.98. The summed E-state index contributed by atoms with van der Waals surface area (Å²) in [6, 6.07) is 3.36. The normalized spacial score (nSPS) is 12.1. The zero-order valence-electron chi connectivity index (χ0n) is 8.93. The molecule has 0 aliphatic carbocycles. The molecule has 5 heteroatoms. The standard InChI is InChI=1S/C10H15N3O2/c1-3-8(2)7-12-9-5-4-6-11-10(9)13(14)15/h4-6,8,12H,3,7H2,1-2H3. The van der Waals surface area contributed by atoms with E-state index in [0.29, 0.717) is 11.6 Å². The molecule has 1 aromatic heterocycles. The Kier molecular flexibility index (Phi) is 4.03. The second-order valence-electron chi connectivity index (χ2n) is 3.53. The smallest absolute Gasteiger partial charge is 0.378 e. The van der Waals surface area contributed by atoms with Crippen molar-refractivity contribution in [2.24, 2.45) is 5.92 Å². The average molecular weight is 209 g/mol. The minimum atomic E-state index is -0.473. The number of nitrogens with zero attached hydrogens (tertiary/aromatic N) is 2. The van der Waals surface area contributed by atoms with Crippen molar-refractivity contribution < 1.29 is 4.92 Å². The lowest BCUT2D eigenvalue weighted by Crippen LogP contribution is -2.11. The predicted octanol–water partition coefficient (Wildman–Crippen LogP) is 2.45. The molecule has 15 heavy (non-hydrogen) atoms. The Morgan fingerprint density at radius 2 is 2.40 bits per heavy atom. The van der Waals surface area contributed by atoms with Gasteiger partial charge in [0.15, 0.2) is 0 Å². The Balaban J connectivity index is 2.72. The molecule has 1 N–H and O–H groups in total. The highest BCUT2D eigenvalue weighted by atomic mass is 16.6. The topological polar surface area (TPSA) is 68.1 Å². The zero-order valence-corrected chi connectivity index (χ0v) is 8.93. The molecule has 1 atom stereocenters. The van der Waals surface area contributed by atoms with E-state index in [1.165, 1.54) is 6.20 Å². The van der Waals surface area contributed by atoms with Crippen LogP contribution in [0.2, 0.25) is 0 Å². The van der Waals surface area contributed by atoms with Crippen molar-refractivity contribution in [1.29, 1.82) is 0 Å². The van der Waals surface area contributed by atoms with Crippen molar-refractivity contribution >= 4 is 11.5 Å². The molecule has 0 aliphatic rings. The van der Waals surface area contributed by atoms with E-state index in [0.717, 1.165) is 13.0 Å². The van der Waals surface area contributed by atoms with E-state index < -0.39 is 4.92 Å². The summed E-state index contributed by atoms with van der Waals surface area (Å²) in [5.74, 6) is 0.380. The van der Waals surface area contributed by atoms with Crippen LogP contribution in [0.25, 0.3) is 0 Å². The Morgan fingerprint density at radius 3 is 3.00 bits per heavy atom. The van der Waals surface area contributed by atoms with Gasteiger partial charge in [0, 0.05) is 6.54 Å². The molecule has 0 aliphatic heterocycles. The first kappa shape index (κ1) is 11.4. The molecule has 0 spiro atoms. The molecule has 1 heterocycles. The predicted molar refractivity (Wildman–Crippen MR) is 58.8 cm³/mol. The Morgan fingerprint density at radius 1 is 1.67 bits per heavy atom. The van der Waals surface area contributed by atoms with Crippen LogP contribution in [0, 0.1) is 16.0 Å². The number of aromatic nitrogens is 1. The highest BCUT2D eigenvalue weighted by molar-refractivity contribution is 5.56. The van der Waals surface area contributed by atoms with Crippen molar-refractivity contribution in [2.75, 3.05) is 11.9 Å². The third kappa shape index (κ3) is 3.19. The van der Waals surface area contributed by atoms with E-state index in [-0.39, 0.29) is 5.82 Å². The Bertz CT molecular complexity index is 341. The lowest BCUT2D eigenvalue weighted by atomic mass is 10.1. The molecule has 82 valence electrons. The van der Waals surface area contributed by atoms with Crippen molar-refractivity contribution in [1.82, 2.24) is 4.98 Å². The third-order valence-corrected chi connectivity index (χ3v) is 2.30. The summed E-state index contributed by atoms with van der Waals surface area (Å²) in [4.78, 5) is 13.9. The largest absolute Gasteiger partial charge is 0.386 e. The molecule has 0 fully saturated rings. The number of hydrogen-bond donors (Lipinski definition) is 1. The molecular weight excluding hydrogens is 194 g/mol. The van der Waals surface area contributed by atoms with Gasteiger partial charge in [0.05, 0.1) is 0 Å². The number of rotatable bonds is 5. The minimum Gasteiger partial charge on any atom is -0.378 e. The lowest BCUT2D eigenvalue weighted by Gasteiger charge is -2.10. The molecule has 1 aromatic rings. The van der Waals surface area contributed by atoms with E-state index in [1.807, 2.05) is 0 Å². The number of anilines is 1. The van der Waals surface area contributed by atoms with Gasteiger partial charge in [0.2, 0.25) is 0 Å². The van der Waals surface area contributed by atoms with Gasteiger partial charge in [-0.1, -0.05) is 20.3 Å². The summed E-state index contributed by atoms with van der Waals surface area (Å²) < 4.78 is 0.